The van der Waals surface area contributed by atoms with Gasteiger partial charge in [-0.25, -0.2) is 0 Å². The second-order valence-corrected chi connectivity index (χ2v) is 5.80. The molecule has 0 bridgehead atoms. The molecule has 1 N–H and O–H groups in total. The topological polar surface area (TPSA) is 29.5 Å². The zero-order chi connectivity index (χ0) is 11.5. The third kappa shape index (κ3) is 2.78. The fraction of sp³-hybridized carbons (Fsp3) is 0.538. The molecule has 0 unspecified atom stereocenters. The first-order valence-corrected chi connectivity index (χ1v) is 6.57. The van der Waals surface area contributed by atoms with E-state index in [0.29, 0.717) is 19.1 Å². The van der Waals surface area contributed by atoms with Crippen LogP contribution in [0.1, 0.15) is 25.3 Å². The van der Waals surface area contributed by atoms with Gasteiger partial charge in [0.05, 0.1) is 24.6 Å². The third-order valence-electron chi connectivity index (χ3n) is 2.83. The minimum absolute atomic E-state index is 0.185. The zero-order valence-corrected chi connectivity index (χ0v) is 10.5. The number of aliphatic hydroxyl groups excluding tert-OH is 1. The number of benzene rings is 1. The summed E-state index contributed by atoms with van der Waals surface area (Å²) in [6, 6.07) is 8.58. The Balaban J connectivity index is 1.99. The molecule has 0 spiro atoms. The van der Waals surface area contributed by atoms with E-state index in [1.807, 2.05) is 0 Å². The molecule has 1 heterocycles. The SMILES string of the molecule is CC(C)c1ccc(S[C@@H]2COC[C@H]2O)cc1. The van der Waals surface area contributed by atoms with E-state index < -0.39 is 0 Å². The first-order valence-electron chi connectivity index (χ1n) is 5.69. The number of thioether (sulfide) groups is 1. The molecular formula is C13H18O2S. The van der Waals surface area contributed by atoms with Crippen LogP contribution in [0.15, 0.2) is 29.2 Å². The Bertz CT molecular complexity index is 334. The highest BCUT2D eigenvalue weighted by molar-refractivity contribution is 8.00. The second-order valence-electron chi connectivity index (χ2n) is 4.48. The summed E-state index contributed by atoms with van der Waals surface area (Å²) in [5.41, 5.74) is 1.35. The van der Waals surface area contributed by atoms with Crippen LogP contribution in [0.3, 0.4) is 0 Å². The van der Waals surface area contributed by atoms with Gasteiger partial charge in [0, 0.05) is 4.90 Å². The molecule has 1 saturated heterocycles. The Kier molecular flexibility index (Phi) is 3.90. The highest BCUT2D eigenvalue weighted by Crippen LogP contribution is 2.29. The van der Waals surface area contributed by atoms with Crippen LogP contribution in [0.4, 0.5) is 0 Å². The Hall–Kier alpha value is -0.510. The molecule has 0 aliphatic carbocycles. The normalized spacial score (nSPS) is 25.2. The largest absolute Gasteiger partial charge is 0.389 e. The van der Waals surface area contributed by atoms with Gasteiger partial charge in [0.1, 0.15) is 0 Å². The summed E-state index contributed by atoms with van der Waals surface area (Å²) in [7, 11) is 0. The summed E-state index contributed by atoms with van der Waals surface area (Å²) in [5.74, 6) is 0.569. The lowest BCUT2D eigenvalue weighted by Crippen LogP contribution is -2.19. The van der Waals surface area contributed by atoms with Gasteiger partial charge in [0.2, 0.25) is 0 Å². The maximum Gasteiger partial charge on any atom is 0.0917 e. The smallest absolute Gasteiger partial charge is 0.0917 e. The molecule has 16 heavy (non-hydrogen) atoms. The van der Waals surface area contributed by atoms with Crippen LogP contribution in [0.2, 0.25) is 0 Å². The van der Waals surface area contributed by atoms with Crippen molar-refractivity contribution in [3.8, 4) is 0 Å². The second kappa shape index (κ2) is 5.21. The predicted octanol–water partition coefficient (Wildman–Crippen LogP) is 2.66. The van der Waals surface area contributed by atoms with Gasteiger partial charge < -0.3 is 9.84 Å². The van der Waals surface area contributed by atoms with Gasteiger partial charge in [-0.15, -0.1) is 11.8 Å². The van der Waals surface area contributed by atoms with E-state index in [-0.39, 0.29) is 11.4 Å². The Morgan fingerprint density at radius 1 is 1.25 bits per heavy atom. The van der Waals surface area contributed by atoms with Crippen molar-refractivity contribution in [1.29, 1.82) is 0 Å². The van der Waals surface area contributed by atoms with Gasteiger partial charge >= 0.3 is 0 Å². The van der Waals surface area contributed by atoms with Crippen LogP contribution < -0.4 is 0 Å². The van der Waals surface area contributed by atoms with Crippen molar-refractivity contribution in [3.05, 3.63) is 29.8 Å². The van der Waals surface area contributed by atoms with E-state index in [1.165, 1.54) is 10.5 Å². The molecule has 2 rings (SSSR count). The quantitative estimate of drug-likeness (QED) is 0.878. The van der Waals surface area contributed by atoms with Gasteiger partial charge in [-0.3, -0.25) is 0 Å². The lowest BCUT2D eigenvalue weighted by molar-refractivity contribution is 0.127. The van der Waals surface area contributed by atoms with E-state index in [2.05, 4.69) is 38.1 Å². The van der Waals surface area contributed by atoms with E-state index in [9.17, 15) is 5.11 Å². The number of rotatable bonds is 3. The van der Waals surface area contributed by atoms with Gasteiger partial charge in [0.15, 0.2) is 0 Å². The van der Waals surface area contributed by atoms with Crippen LogP contribution in [0.25, 0.3) is 0 Å². The summed E-state index contributed by atoms with van der Waals surface area (Å²) in [6.45, 7) is 5.51. The number of aliphatic hydroxyl groups is 1. The fourth-order valence-electron chi connectivity index (χ4n) is 1.74. The molecule has 0 aromatic heterocycles. The summed E-state index contributed by atoms with van der Waals surface area (Å²) < 4.78 is 5.23. The fourth-order valence-corrected chi connectivity index (χ4v) is 2.78. The maximum absolute atomic E-state index is 9.65. The van der Waals surface area contributed by atoms with Crippen molar-refractivity contribution in [3.63, 3.8) is 0 Å². The first kappa shape index (κ1) is 12.0. The summed E-state index contributed by atoms with van der Waals surface area (Å²) in [4.78, 5) is 1.21. The minimum atomic E-state index is -0.324. The van der Waals surface area contributed by atoms with Crippen molar-refractivity contribution < 1.29 is 9.84 Å². The molecule has 1 aliphatic heterocycles. The van der Waals surface area contributed by atoms with E-state index in [1.54, 1.807) is 11.8 Å². The molecule has 1 aromatic rings. The maximum atomic E-state index is 9.65. The standard InChI is InChI=1S/C13H18O2S/c1-9(2)10-3-5-11(6-4-10)16-13-8-15-7-12(13)14/h3-6,9,12-14H,7-8H2,1-2H3/t12-,13-/m1/s1. The van der Waals surface area contributed by atoms with Gasteiger partial charge in [-0.2, -0.15) is 0 Å². The molecule has 0 saturated carbocycles. The summed E-state index contributed by atoms with van der Waals surface area (Å²) >= 11 is 1.70. The third-order valence-corrected chi connectivity index (χ3v) is 4.13. The number of hydrogen-bond donors (Lipinski definition) is 1. The average molecular weight is 238 g/mol. The van der Waals surface area contributed by atoms with E-state index >= 15 is 0 Å². The van der Waals surface area contributed by atoms with Crippen molar-refractivity contribution in [2.45, 2.75) is 36.0 Å². The van der Waals surface area contributed by atoms with Crippen molar-refractivity contribution in [2.75, 3.05) is 13.2 Å². The highest BCUT2D eigenvalue weighted by Gasteiger charge is 2.26. The molecule has 88 valence electrons. The minimum Gasteiger partial charge on any atom is -0.389 e. The number of hydrogen-bond acceptors (Lipinski definition) is 3. The average Bonchev–Trinajstić information content (AvgIpc) is 2.65. The van der Waals surface area contributed by atoms with Crippen LogP contribution in [-0.4, -0.2) is 29.7 Å². The molecule has 3 heteroatoms. The van der Waals surface area contributed by atoms with Crippen LogP contribution >= 0.6 is 11.8 Å². The molecule has 1 fully saturated rings. The molecule has 0 radical (unpaired) electrons. The van der Waals surface area contributed by atoms with E-state index in [0.717, 1.165) is 0 Å². The molecule has 0 amide bonds. The van der Waals surface area contributed by atoms with Crippen molar-refractivity contribution >= 4 is 11.8 Å². The molecular weight excluding hydrogens is 220 g/mol. The number of ether oxygens (including phenoxy) is 1. The molecule has 2 nitrogen and oxygen atoms in total. The molecule has 2 atom stereocenters. The molecule has 1 aliphatic rings. The first-order chi connectivity index (χ1) is 7.66. The summed E-state index contributed by atoms with van der Waals surface area (Å²) in [5, 5.41) is 9.83. The summed E-state index contributed by atoms with van der Waals surface area (Å²) in [6.07, 6.45) is -0.324. The van der Waals surface area contributed by atoms with Crippen molar-refractivity contribution in [1.82, 2.24) is 0 Å². The van der Waals surface area contributed by atoms with Gasteiger partial charge in [0.25, 0.3) is 0 Å². The van der Waals surface area contributed by atoms with Crippen LogP contribution in [0, 0.1) is 0 Å². The Morgan fingerprint density at radius 2 is 1.94 bits per heavy atom. The zero-order valence-electron chi connectivity index (χ0n) is 9.72. The lowest BCUT2D eigenvalue weighted by Gasteiger charge is -2.12. The van der Waals surface area contributed by atoms with Crippen LogP contribution in [-0.2, 0) is 4.74 Å². The van der Waals surface area contributed by atoms with Crippen molar-refractivity contribution in [2.24, 2.45) is 0 Å². The molecule has 1 aromatic carbocycles. The predicted molar refractivity (Wildman–Crippen MR) is 67.0 cm³/mol. The lowest BCUT2D eigenvalue weighted by atomic mass is 10.0. The van der Waals surface area contributed by atoms with Gasteiger partial charge in [-0.1, -0.05) is 26.0 Å². The Morgan fingerprint density at radius 3 is 2.44 bits per heavy atom. The van der Waals surface area contributed by atoms with E-state index in [4.69, 9.17) is 4.74 Å². The monoisotopic (exact) mass is 238 g/mol. The van der Waals surface area contributed by atoms with Crippen LogP contribution in [0.5, 0.6) is 0 Å². The highest BCUT2D eigenvalue weighted by atomic mass is 32.2. The van der Waals surface area contributed by atoms with Gasteiger partial charge in [-0.05, 0) is 23.6 Å². The Labute approximate surface area is 101 Å².